The highest BCUT2D eigenvalue weighted by molar-refractivity contribution is 5.97. The van der Waals surface area contributed by atoms with Crippen molar-refractivity contribution in [1.29, 1.82) is 0 Å². The van der Waals surface area contributed by atoms with Crippen LogP contribution in [-0.4, -0.2) is 5.78 Å². The largest absolute Gasteiger partial charge is 0.486 e. The average Bonchev–Trinajstić information content (AvgIpc) is 2.85. The average molecular weight is 268 g/mol. The van der Waals surface area contributed by atoms with Crippen molar-refractivity contribution in [3.05, 3.63) is 47.2 Å². The van der Waals surface area contributed by atoms with Gasteiger partial charge in [0.25, 0.3) is 0 Å². The van der Waals surface area contributed by atoms with Crippen LogP contribution in [0.25, 0.3) is 0 Å². The van der Waals surface area contributed by atoms with Gasteiger partial charge in [-0.25, -0.2) is 0 Å². The van der Waals surface area contributed by atoms with Crippen LogP contribution < -0.4 is 0 Å². The number of hydrogen-bond acceptors (Lipinski definition) is 2. The number of Topliss-reactive ketones (excluding diaryl/α,β-unsaturated/α-hetero) is 1. The van der Waals surface area contributed by atoms with Gasteiger partial charge in [0.1, 0.15) is 11.4 Å². The van der Waals surface area contributed by atoms with Gasteiger partial charge in [0.05, 0.1) is 0 Å². The van der Waals surface area contributed by atoms with Gasteiger partial charge in [-0.05, 0) is 31.2 Å². The predicted molar refractivity (Wildman–Crippen MR) is 77.0 cm³/mol. The minimum absolute atomic E-state index is 0.246. The summed E-state index contributed by atoms with van der Waals surface area (Å²) >= 11 is 0. The van der Waals surface area contributed by atoms with E-state index in [0.29, 0.717) is 18.1 Å². The third kappa shape index (κ3) is 1.60. The second-order valence-corrected chi connectivity index (χ2v) is 6.27. The molecular formula is C18H20O2. The van der Waals surface area contributed by atoms with Crippen LogP contribution in [-0.2, 0) is 15.1 Å². The molecule has 0 aromatic heterocycles. The summed E-state index contributed by atoms with van der Waals surface area (Å²) in [5.74, 6) is 1.65. The first-order chi connectivity index (χ1) is 9.81. The van der Waals surface area contributed by atoms with Crippen LogP contribution in [0.2, 0.25) is 0 Å². The maximum Gasteiger partial charge on any atom is 0.162 e. The molecule has 20 heavy (non-hydrogen) atoms. The van der Waals surface area contributed by atoms with Crippen molar-refractivity contribution >= 4 is 5.78 Å². The van der Waals surface area contributed by atoms with Gasteiger partial charge in [-0.2, -0.15) is 0 Å². The lowest BCUT2D eigenvalue weighted by Gasteiger charge is -2.39. The SMILES string of the molecule is O=C1CCCC2=C1[C@@H]1CCCC[C@]1(c1ccccc1)O2. The molecule has 0 amide bonds. The predicted octanol–water partition coefficient (Wildman–Crippen LogP) is 4.11. The third-order valence-corrected chi connectivity index (χ3v) is 5.18. The highest BCUT2D eigenvalue weighted by atomic mass is 16.5. The van der Waals surface area contributed by atoms with Crippen LogP contribution in [0.1, 0.15) is 50.5 Å². The van der Waals surface area contributed by atoms with Crippen LogP contribution in [0.5, 0.6) is 0 Å². The number of benzene rings is 1. The topological polar surface area (TPSA) is 26.3 Å². The summed E-state index contributed by atoms with van der Waals surface area (Å²) < 4.78 is 6.47. The van der Waals surface area contributed by atoms with Crippen molar-refractivity contribution in [3.63, 3.8) is 0 Å². The Balaban J connectivity index is 1.82. The molecule has 0 radical (unpaired) electrons. The Bertz CT molecular complexity index is 572. The number of hydrogen-bond donors (Lipinski definition) is 0. The molecule has 104 valence electrons. The molecule has 4 rings (SSSR count). The van der Waals surface area contributed by atoms with Crippen molar-refractivity contribution in [2.75, 3.05) is 0 Å². The minimum Gasteiger partial charge on any atom is -0.486 e. The smallest absolute Gasteiger partial charge is 0.162 e. The highest BCUT2D eigenvalue weighted by Crippen LogP contribution is 2.56. The summed E-state index contributed by atoms with van der Waals surface area (Å²) in [5, 5.41) is 0. The van der Waals surface area contributed by atoms with Crippen molar-refractivity contribution in [2.24, 2.45) is 5.92 Å². The van der Waals surface area contributed by atoms with Gasteiger partial charge in [0.2, 0.25) is 0 Å². The Morgan fingerprint density at radius 2 is 1.90 bits per heavy atom. The molecule has 1 saturated carbocycles. The number of rotatable bonds is 1. The number of carbonyl (C=O) groups is 1. The first kappa shape index (κ1) is 12.2. The molecule has 2 atom stereocenters. The van der Waals surface area contributed by atoms with Gasteiger partial charge < -0.3 is 4.74 Å². The molecule has 0 spiro atoms. The molecular weight excluding hydrogens is 248 g/mol. The van der Waals surface area contributed by atoms with E-state index >= 15 is 0 Å². The zero-order chi connectivity index (χ0) is 13.6. The van der Waals surface area contributed by atoms with Gasteiger partial charge in [-0.1, -0.05) is 36.8 Å². The van der Waals surface area contributed by atoms with E-state index in [2.05, 4.69) is 24.3 Å². The number of allylic oxidation sites excluding steroid dienone is 1. The fraction of sp³-hybridized carbons (Fsp3) is 0.500. The lowest BCUT2D eigenvalue weighted by molar-refractivity contribution is -0.116. The molecule has 2 aliphatic carbocycles. The van der Waals surface area contributed by atoms with E-state index in [1.807, 2.05) is 6.07 Å². The summed E-state index contributed by atoms with van der Waals surface area (Å²) in [6.45, 7) is 0. The Morgan fingerprint density at radius 3 is 2.75 bits per heavy atom. The number of ether oxygens (including phenoxy) is 1. The van der Waals surface area contributed by atoms with E-state index in [-0.39, 0.29) is 5.60 Å². The summed E-state index contributed by atoms with van der Waals surface area (Å²) in [7, 11) is 0. The molecule has 1 fully saturated rings. The molecule has 2 nitrogen and oxygen atoms in total. The second kappa shape index (κ2) is 4.47. The fourth-order valence-corrected chi connectivity index (χ4v) is 4.32. The van der Waals surface area contributed by atoms with E-state index in [1.165, 1.54) is 18.4 Å². The van der Waals surface area contributed by atoms with Gasteiger partial charge in [0, 0.05) is 24.3 Å². The molecule has 1 aromatic carbocycles. The summed E-state index contributed by atoms with van der Waals surface area (Å²) in [6.07, 6.45) is 7.17. The van der Waals surface area contributed by atoms with Crippen LogP contribution >= 0.6 is 0 Å². The van der Waals surface area contributed by atoms with E-state index in [4.69, 9.17) is 4.74 Å². The standard InChI is InChI=1S/C18H20O2/c19-15-10-6-11-16-17(15)14-9-4-5-12-18(14,20-16)13-7-2-1-3-8-13/h1-3,7-8,14H,4-6,9-12H2/t14-,18+/m0/s1. The van der Waals surface area contributed by atoms with Crippen molar-refractivity contribution in [3.8, 4) is 0 Å². The zero-order valence-electron chi connectivity index (χ0n) is 11.7. The molecule has 0 saturated heterocycles. The summed E-state index contributed by atoms with van der Waals surface area (Å²) in [4.78, 5) is 12.4. The maximum absolute atomic E-state index is 12.4. The van der Waals surface area contributed by atoms with Gasteiger partial charge in [0.15, 0.2) is 5.78 Å². The Morgan fingerprint density at radius 1 is 1.05 bits per heavy atom. The Labute approximate surface area is 119 Å². The molecule has 0 N–H and O–H groups in total. The molecule has 3 aliphatic rings. The zero-order valence-corrected chi connectivity index (χ0v) is 11.7. The van der Waals surface area contributed by atoms with Crippen LogP contribution in [0.4, 0.5) is 0 Å². The minimum atomic E-state index is -0.246. The number of carbonyl (C=O) groups excluding carboxylic acids is 1. The number of ketones is 1. The molecule has 1 aromatic rings. The number of fused-ring (bicyclic) bond motifs is 2. The fourth-order valence-electron chi connectivity index (χ4n) is 4.32. The Kier molecular flexibility index (Phi) is 2.73. The van der Waals surface area contributed by atoms with Crippen LogP contribution in [0, 0.1) is 5.92 Å². The summed E-state index contributed by atoms with van der Waals surface area (Å²) in [5.41, 5.74) is 2.05. The lowest BCUT2D eigenvalue weighted by Crippen LogP contribution is -2.37. The molecule has 1 aliphatic heterocycles. The van der Waals surface area contributed by atoms with Gasteiger partial charge >= 0.3 is 0 Å². The maximum atomic E-state index is 12.4. The highest BCUT2D eigenvalue weighted by Gasteiger charge is 2.53. The van der Waals surface area contributed by atoms with Crippen LogP contribution in [0.3, 0.4) is 0 Å². The van der Waals surface area contributed by atoms with Crippen molar-refractivity contribution in [1.82, 2.24) is 0 Å². The lowest BCUT2D eigenvalue weighted by atomic mass is 9.68. The molecule has 0 bridgehead atoms. The third-order valence-electron chi connectivity index (χ3n) is 5.18. The van der Waals surface area contributed by atoms with E-state index in [0.717, 1.165) is 37.0 Å². The quantitative estimate of drug-likeness (QED) is 0.766. The van der Waals surface area contributed by atoms with E-state index in [1.54, 1.807) is 0 Å². The van der Waals surface area contributed by atoms with Gasteiger partial charge in [-0.15, -0.1) is 0 Å². The first-order valence-corrected chi connectivity index (χ1v) is 7.82. The summed E-state index contributed by atoms with van der Waals surface area (Å²) in [6, 6.07) is 10.5. The molecule has 0 unspecified atom stereocenters. The van der Waals surface area contributed by atoms with Crippen molar-refractivity contribution in [2.45, 2.75) is 50.5 Å². The van der Waals surface area contributed by atoms with E-state index < -0.39 is 0 Å². The first-order valence-electron chi connectivity index (χ1n) is 7.82. The molecule has 1 heterocycles. The van der Waals surface area contributed by atoms with E-state index in [9.17, 15) is 4.79 Å². The monoisotopic (exact) mass is 268 g/mol. The second-order valence-electron chi connectivity index (χ2n) is 6.27. The Hall–Kier alpha value is -1.57. The van der Waals surface area contributed by atoms with Gasteiger partial charge in [-0.3, -0.25) is 4.79 Å². The normalized spacial score (nSPS) is 32.6. The van der Waals surface area contributed by atoms with Crippen molar-refractivity contribution < 1.29 is 9.53 Å². The van der Waals surface area contributed by atoms with Crippen LogP contribution in [0.15, 0.2) is 41.7 Å². The molecule has 2 heteroatoms.